The summed E-state index contributed by atoms with van der Waals surface area (Å²) in [4.78, 5) is 32.3. The fraction of sp³-hybridized carbons (Fsp3) is 0.636. The van der Waals surface area contributed by atoms with Gasteiger partial charge in [0, 0.05) is 50.2 Å². The second-order valence-corrected chi connectivity index (χ2v) is 8.18. The lowest BCUT2D eigenvalue weighted by Crippen LogP contribution is -2.50. The average molecular weight is 370 g/mol. The molecule has 2 fully saturated rings. The number of fused-ring (bicyclic) bond motifs is 1. The van der Waals surface area contributed by atoms with Crippen molar-refractivity contribution in [1.82, 2.24) is 9.80 Å². The minimum atomic E-state index is 0.0807. The Bertz CT molecular complexity index is 689. The molecule has 4 rings (SSSR count). The molecule has 2 amide bonds. The SMILES string of the molecule is CCN1CCN(C(=O)C2CCC(C(=O)N3CCc4ccccc43)CC2)CC1. The number of piperazine rings is 1. The summed E-state index contributed by atoms with van der Waals surface area (Å²) in [5.74, 6) is 0.788. The predicted octanol–water partition coefficient (Wildman–Crippen LogP) is 2.55. The number of nitrogens with zero attached hydrogens (tertiary/aromatic N) is 3. The van der Waals surface area contributed by atoms with Gasteiger partial charge in [-0.25, -0.2) is 0 Å². The molecule has 1 aliphatic carbocycles. The van der Waals surface area contributed by atoms with Gasteiger partial charge >= 0.3 is 0 Å². The highest BCUT2D eigenvalue weighted by Crippen LogP contribution is 2.35. The molecule has 0 unspecified atom stereocenters. The highest BCUT2D eigenvalue weighted by atomic mass is 16.2. The highest BCUT2D eigenvalue weighted by Gasteiger charge is 2.36. The fourth-order valence-corrected chi connectivity index (χ4v) is 4.92. The van der Waals surface area contributed by atoms with Crippen molar-refractivity contribution in [3.8, 4) is 0 Å². The predicted molar refractivity (Wildman–Crippen MR) is 107 cm³/mol. The van der Waals surface area contributed by atoms with Crippen LogP contribution in [0.4, 0.5) is 5.69 Å². The van der Waals surface area contributed by atoms with Gasteiger partial charge < -0.3 is 14.7 Å². The van der Waals surface area contributed by atoms with E-state index in [1.807, 2.05) is 17.0 Å². The van der Waals surface area contributed by atoms with Gasteiger partial charge in [0.2, 0.25) is 11.8 Å². The monoisotopic (exact) mass is 369 g/mol. The lowest BCUT2D eigenvalue weighted by molar-refractivity contribution is -0.139. The molecule has 5 nitrogen and oxygen atoms in total. The van der Waals surface area contributed by atoms with Gasteiger partial charge in [0.05, 0.1) is 0 Å². The molecule has 2 aliphatic heterocycles. The number of benzene rings is 1. The molecule has 1 saturated heterocycles. The minimum Gasteiger partial charge on any atom is -0.340 e. The maximum atomic E-state index is 13.0. The molecule has 2 heterocycles. The zero-order valence-electron chi connectivity index (χ0n) is 16.4. The van der Waals surface area contributed by atoms with Gasteiger partial charge in [-0.3, -0.25) is 9.59 Å². The summed E-state index contributed by atoms with van der Waals surface area (Å²) < 4.78 is 0. The van der Waals surface area contributed by atoms with Crippen LogP contribution in [0.5, 0.6) is 0 Å². The maximum absolute atomic E-state index is 13.0. The van der Waals surface area contributed by atoms with Crippen molar-refractivity contribution in [2.45, 2.75) is 39.0 Å². The maximum Gasteiger partial charge on any atom is 0.230 e. The third kappa shape index (κ3) is 3.75. The van der Waals surface area contributed by atoms with Gasteiger partial charge in [0.1, 0.15) is 0 Å². The van der Waals surface area contributed by atoms with Crippen molar-refractivity contribution >= 4 is 17.5 Å². The van der Waals surface area contributed by atoms with Crippen molar-refractivity contribution < 1.29 is 9.59 Å². The Morgan fingerprint density at radius 1 is 0.889 bits per heavy atom. The molecular weight excluding hydrogens is 338 g/mol. The van der Waals surface area contributed by atoms with Crippen LogP contribution in [0.1, 0.15) is 38.2 Å². The van der Waals surface area contributed by atoms with Crippen molar-refractivity contribution in [1.29, 1.82) is 0 Å². The van der Waals surface area contributed by atoms with E-state index in [4.69, 9.17) is 0 Å². The summed E-state index contributed by atoms with van der Waals surface area (Å²) in [7, 11) is 0. The molecule has 1 saturated carbocycles. The van der Waals surface area contributed by atoms with E-state index in [2.05, 4.69) is 28.9 Å². The molecule has 146 valence electrons. The zero-order valence-corrected chi connectivity index (χ0v) is 16.4. The number of hydrogen-bond donors (Lipinski definition) is 0. The van der Waals surface area contributed by atoms with Gasteiger partial charge in [-0.1, -0.05) is 25.1 Å². The largest absolute Gasteiger partial charge is 0.340 e. The van der Waals surface area contributed by atoms with Crippen LogP contribution in [0.2, 0.25) is 0 Å². The molecule has 1 aromatic carbocycles. The number of hydrogen-bond acceptors (Lipinski definition) is 3. The van der Waals surface area contributed by atoms with Crippen molar-refractivity contribution in [3.05, 3.63) is 29.8 Å². The molecular formula is C22H31N3O2. The van der Waals surface area contributed by atoms with Crippen LogP contribution in [0.15, 0.2) is 24.3 Å². The standard InChI is InChI=1S/C22H31N3O2/c1-2-23-13-15-24(16-14-23)21(26)18-7-9-19(10-8-18)22(27)25-12-11-17-5-3-4-6-20(17)25/h3-6,18-19H,2,7-16H2,1H3. The van der Waals surface area contributed by atoms with E-state index in [0.717, 1.165) is 77.1 Å². The zero-order chi connectivity index (χ0) is 18.8. The Balaban J connectivity index is 1.30. The van der Waals surface area contributed by atoms with Gasteiger partial charge in [0.15, 0.2) is 0 Å². The molecule has 3 aliphatic rings. The van der Waals surface area contributed by atoms with E-state index < -0.39 is 0 Å². The number of carbonyl (C=O) groups is 2. The Hall–Kier alpha value is -1.88. The van der Waals surface area contributed by atoms with E-state index in [-0.39, 0.29) is 17.7 Å². The van der Waals surface area contributed by atoms with Crippen LogP contribution in [-0.4, -0.2) is 60.9 Å². The number of likely N-dealkylation sites (N-methyl/N-ethyl adjacent to an activating group) is 1. The van der Waals surface area contributed by atoms with Crippen LogP contribution in [0, 0.1) is 11.8 Å². The van der Waals surface area contributed by atoms with Crippen LogP contribution in [0.3, 0.4) is 0 Å². The lowest BCUT2D eigenvalue weighted by Gasteiger charge is -2.37. The number of amides is 2. The molecule has 0 aromatic heterocycles. The Morgan fingerprint density at radius 3 is 2.19 bits per heavy atom. The van der Waals surface area contributed by atoms with Crippen LogP contribution in [-0.2, 0) is 16.0 Å². The van der Waals surface area contributed by atoms with Gasteiger partial charge in [-0.15, -0.1) is 0 Å². The Morgan fingerprint density at radius 2 is 1.52 bits per heavy atom. The van der Waals surface area contributed by atoms with Crippen LogP contribution >= 0.6 is 0 Å². The fourth-order valence-electron chi connectivity index (χ4n) is 4.92. The van der Waals surface area contributed by atoms with Crippen molar-refractivity contribution in [2.24, 2.45) is 11.8 Å². The summed E-state index contributed by atoms with van der Waals surface area (Å²) >= 11 is 0. The summed E-state index contributed by atoms with van der Waals surface area (Å²) in [6, 6.07) is 8.24. The Kier molecular flexibility index (Phi) is 5.48. The minimum absolute atomic E-state index is 0.0807. The van der Waals surface area contributed by atoms with Crippen molar-refractivity contribution in [2.75, 3.05) is 44.2 Å². The third-order valence-electron chi connectivity index (χ3n) is 6.71. The molecule has 0 atom stereocenters. The van der Waals surface area contributed by atoms with E-state index in [0.29, 0.717) is 5.91 Å². The smallest absolute Gasteiger partial charge is 0.230 e. The molecule has 0 radical (unpaired) electrons. The van der Waals surface area contributed by atoms with E-state index in [9.17, 15) is 9.59 Å². The molecule has 5 heteroatoms. The molecule has 1 aromatic rings. The quantitative estimate of drug-likeness (QED) is 0.822. The lowest BCUT2D eigenvalue weighted by atomic mass is 9.80. The number of carbonyl (C=O) groups excluding carboxylic acids is 2. The summed E-state index contributed by atoms with van der Waals surface area (Å²) in [5.41, 5.74) is 2.37. The molecule has 0 N–H and O–H groups in total. The normalized spacial score (nSPS) is 26.1. The molecule has 0 bridgehead atoms. The van der Waals surface area contributed by atoms with Crippen molar-refractivity contribution in [3.63, 3.8) is 0 Å². The first kappa shape index (κ1) is 18.5. The molecule has 27 heavy (non-hydrogen) atoms. The first-order chi connectivity index (χ1) is 13.2. The van der Waals surface area contributed by atoms with E-state index >= 15 is 0 Å². The molecule has 0 spiro atoms. The average Bonchev–Trinajstić information content (AvgIpc) is 3.17. The van der Waals surface area contributed by atoms with Gasteiger partial charge in [0.25, 0.3) is 0 Å². The van der Waals surface area contributed by atoms with Crippen LogP contribution in [0.25, 0.3) is 0 Å². The van der Waals surface area contributed by atoms with E-state index in [1.54, 1.807) is 0 Å². The second kappa shape index (κ2) is 8.01. The number of para-hydroxylation sites is 1. The number of anilines is 1. The van der Waals surface area contributed by atoms with Crippen LogP contribution < -0.4 is 4.90 Å². The second-order valence-electron chi connectivity index (χ2n) is 8.18. The summed E-state index contributed by atoms with van der Waals surface area (Å²) in [5, 5.41) is 0. The number of rotatable bonds is 3. The van der Waals surface area contributed by atoms with Gasteiger partial charge in [-0.2, -0.15) is 0 Å². The first-order valence-electron chi connectivity index (χ1n) is 10.6. The van der Waals surface area contributed by atoms with E-state index in [1.165, 1.54) is 5.56 Å². The third-order valence-corrected chi connectivity index (χ3v) is 6.71. The Labute approximate surface area is 162 Å². The first-order valence-corrected chi connectivity index (χ1v) is 10.6. The topological polar surface area (TPSA) is 43.9 Å². The summed E-state index contributed by atoms with van der Waals surface area (Å²) in [6.07, 6.45) is 4.38. The van der Waals surface area contributed by atoms with Gasteiger partial charge in [-0.05, 0) is 50.3 Å². The summed E-state index contributed by atoms with van der Waals surface area (Å²) in [6.45, 7) is 7.74. The highest BCUT2D eigenvalue weighted by molar-refractivity contribution is 5.97.